The molecule has 0 saturated carbocycles. The molecule has 0 amide bonds. The maximum Gasteiger partial charge on any atom is 0.236 e. The molecule has 1 aliphatic rings. The predicted octanol–water partition coefficient (Wildman–Crippen LogP) is 4.16. The molecular weight excluding hydrogens is 314 g/mol. The van der Waals surface area contributed by atoms with Gasteiger partial charge in [0.1, 0.15) is 11.8 Å². The maximum absolute atomic E-state index is 9.30. The van der Waals surface area contributed by atoms with Crippen LogP contribution in [-0.4, -0.2) is 18.1 Å². The van der Waals surface area contributed by atoms with Crippen LogP contribution in [0.1, 0.15) is 37.3 Å². The van der Waals surface area contributed by atoms with Crippen molar-refractivity contribution in [2.24, 2.45) is 0 Å². The number of halogens is 1. The van der Waals surface area contributed by atoms with Crippen LogP contribution in [0, 0.1) is 11.3 Å². The summed E-state index contributed by atoms with van der Waals surface area (Å²) in [6.07, 6.45) is 4.66. The molecule has 0 atom stereocenters. The zero-order chi connectivity index (χ0) is 16.1. The van der Waals surface area contributed by atoms with E-state index >= 15 is 0 Å². The highest BCUT2D eigenvalue weighted by Gasteiger charge is 2.20. The molecule has 2 aromatic rings. The summed E-state index contributed by atoms with van der Waals surface area (Å²) in [7, 11) is 0. The van der Waals surface area contributed by atoms with E-state index in [1.54, 1.807) is 12.1 Å². The molecule has 0 N–H and O–H groups in total. The molecule has 1 aromatic carbocycles. The third-order valence-electron chi connectivity index (χ3n) is 3.81. The van der Waals surface area contributed by atoms with Crippen LogP contribution in [0.5, 0.6) is 5.75 Å². The summed E-state index contributed by atoms with van der Waals surface area (Å²) in [6, 6.07) is 9.26. The lowest BCUT2D eigenvalue weighted by atomic mass is 10.2. The second-order valence-corrected chi connectivity index (χ2v) is 5.96. The van der Waals surface area contributed by atoms with Crippen LogP contribution >= 0.6 is 11.6 Å². The minimum Gasteiger partial charge on any atom is -0.484 e. The van der Waals surface area contributed by atoms with Gasteiger partial charge in [0.05, 0.1) is 0 Å². The van der Waals surface area contributed by atoms with Gasteiger partial charge < -0.3 is 14.1 Å². The first-order valence-electron chi connectivity index (χ1n) is 7.79. The third kappa shape index (κ3) is 3.96. The van der Waals surface area contributed by atoms with E-state index < -0.39 is 0 Å². The highest BCUT2D eigenvalue weighted by Crippen LogP contribution is 2.26. The molecule has 120 valence electrons. The van der Waals surface area contributed by atoms with E-state index in [9.17, 15) is 5.26 Å². The number of hydrogen-bond donors (Lipinski definition) is 0. The second-order valence-electron chi connectivity index (χ2n) is 5.52. The van der Waals surface area contributed by atoms with E-state index in [1.807, 2.05) is 12.1 Å². The number of oxazole rings is 1. The number of hydrogen-bond acceptors (Lipinski definition) is 5. The topological polar surface area (TPSA) is 62.3 Å². The lowest BCUT2D eigenvalue weighted by Gasteiger charge is -2.18. The lowest BCUT2D eigenvalue weighted by Crippen LogP contribution is -2.24. The summed E-state index contributed by atoms with van der Waals surface area (Å²) in [5.41, 5.74) is 0.330. The van der Waals surface area contributed by atoms with Crippen molar-refractivity contribution >= 4 is 17.5 Å². The third-order valence-corrected chi connectivity index (χ3v) is 4.05. The Hall–Kier alpha value is -2.19. The van der Waals surface area contributed by atoms with Crippen LogP contribution in [0.2, 0.25) is 5.02 Å². The van der Waals surface area contributed by atoms with E-state index in [2.05, 4.69) is 16.0 Å². The number of rotatable bonds is 4. The Labute approximate surface area is 140 Å². The maximum atomic E-state index is 9.30. The highest BCUT2D eigenvalue weighted by molar-refractivity contribution is 6.30. The average molecular weight is 332 g/mol. The van der Waals surface area contributed by atoms with Gasteiger partial charge in [-0.05, 0) is 31.0 Å². The van der Waals surface area contributed by atoms with Crippen molar-refractivity contribution in [3.8, 4) is 11.8 Å². The van der Waals surface area contributed by atoms with Gasteiger partial charge in [-0.3, -0.25) is 0 Å². The van der Waals surface area contributed by atoms with Gasteiger partial charge in [-0.1, -0.05) is 30.5 Å². The molecule has 1 aliphatic heterocycles. The number of benzene rings is 1. The Morgan fingerprint density at radius 1 is 1.26 bits per heavy atom. The van der Waals surface area contributed by atoms with Gasteiger partial charge in [0.15, 0.2) is 6.61 Å². The van der Waals surface area contributed by atoms with Crippen molar-refractivity contribution in [2.45, 2.75) is 32.3 Å². The smallest absolute Gasteiger partial charge is 0.236 e. The monoisotopic (exact) mass is 331 g/mol. The number of nitriles is 1. The fourth-order valence-electron chi connectivity index (χ4n) is 2.68. The van der Waals surface area contributed by atoms with Gasteiger partial charge in [0.2, 0.25) is 17.5 Å². The minimum absolute atomic E-state index is 0.170. The Morgan fingerprint density at radius 3 is 2.74 bits per heavy atom. The highest BCUT2D eigenvalue weighted by atomic mass is 35.5. The first-order chi connectivity index (χ1) is 11.3. The molecular formula is C17H18ClN3O2. The molecule has 0 bridgehead atoms. The quantitative estimate of drug-likeness (QED) is 0.841. The van der Waals surface area contributed by atoms with Gasteiger partial charge in [0, 0.05) is 18.1 Å². The van der Waals surface area contributed by atoms with E-state index in [0.717, 1.165) is 25.9 Å². The van der Waals surface area contributed by atoms with Crippen molar-refractivity contribution in [3.05, 3.63) is 40.9 Å². The van der Waals surface area contributed by atoms with Gasteiger partial charge >= 0.3 is 0 Å². The summed E-state index contributed by atoms with van der Waals surface area (Å²) in [5, 5.41) is 9.91. The van der Waals surface area contributed by atoms with Crippen molar-refractivity contribution in [1.29, 1.82) is 5.26 Å². The minimum atomic E-state index is 0.170. The zero-order valence-corrected chi connectivity index (χ0v) is 13.6. The number of aromatic nitrogens is 1. The molecule has 0 aliphatic carbocycles. The Balaban J connectivity index is 1.72. The predicted molar refractivity (Wildman–Crippen MR) is 87.7 cm³/mol. The van der Waals surface area contributed by atoms with E-state index in [-0.39, 0.29) is 6.61 Å². The Bertz CT molecular complexity index is 700. The number of nitrogens with zero attached hydrogens (tertiary/aromatic N) is 3. The summed E-state index contributed by atoms with van der Waals surface area (Å²) >= 11 is 5.93. The fourth-order valence-corrected chi connectivity index (χ4v) is 2.86. The van der Waals surface area contributed by atoms with Crippen molar-refractivity contribution in [1.82, 2.24) is 4.98 Å². The molecule has 6 heteroatoms. The molecule has 2 heterocycles. The van der Waals surface area contributed by atoms with Gasteiger partial charge in [-0.25, -0.2) is 0 Å². The fraction of sp³-hybridized carbons (Fsp3) is 0.412. The summed E-state index contributed by atoms with van der Waals surface area (Å²) in [5.74, 6) is 1.62. The van der Waals surface area contributed by atoms with Gasteiger partial charge in [0.25, 0.3) is 0 Å². The largest absolute Gasteiger partial charge is 0.484 e. The summed E-state index contributed by atoms with van der Waals surface area (Å²) in [4.78, 5) is 6.36. The standard InChI is InChI=1S/C17H18ClN3O2/c18-13-6-5-7-14(10-13)22-12-16-20-15(11-19)17(23-16)21-8-3-1-2-4-9-21/h5-7,10H,1-4,8-9,12H2. The van der Waals surface area contributed by atoms with Crippen LogP contribution in [0.15, 0.2) is 28.7 Å². The van der Waals surface area contributed by atoms with Crippen LogP contribution in [0.25, 0.3) is 0 Å². The van der Waals surface area contributed by atoms with E-state index in [4.69, 9.17) is 20.8 Å². The molecule has 1 aromatic heterocycles. The molecule has 1 fully saturated rings. The molecule has 0 spiro atoms. The first kappa shape index (κ1) is 15.7. The van der Waals surface area contributed by atoms with Gasteiger partial charge in [-0.2, -0.15) is 10.2 Å². The number of ether oxygens (including phenoxy) is 1. The summed E-state index contributed by atoms with van der Waals surface area (Å²) in [6.45, 7) is 1.97. The summed E-state index contributed by atoms with van der Waals surface area (Å²) < 4.78 is 11.4. The van der Waals surface area contributed by atoms with E-state index in [0.29, 0.717) is 28.2 Å². The average Bonchev–Trinajstić information content (AvgIpc) is 2.78. The number of anilines is 1. The Morgan fingerprint density at radius 2 is 2.04 bits per heavy atom. The molecule has 0 radical (unpaired) electrons. The molecule has 5 nitrogen and oxygen atoms in total. The molecule has 3 rings (SSSR count). The second kappa shape index (κ2) is 7.38. The lowest BCUT2D eigenvalue weighted by molar-refractivity contribution is 0.263. The molecule has 23 heavy (non-hydrogen) atoms. The molecule has 0 unspecified atom stereocenters. The van der Waals surface area contributed by atoms with E-state index in [1.165, 1.54) is 12.8 Å². The van der Waals surface area contributed by atoms with Crippen molar-refractivity contribution in [3.63, 3.8) is 0 Å². The van der Waals surface area contributed by atoms with Crippen LogP contribution < -0.4 is 9.64 Å². The van der Waals surface area contributed by atoms with Crippen LogP contribution in [0.4, 0.5) is 5.88 Å². The van der Waals surface area contributed by atoms with Crippen LogP contribution in [0.3, 0.4) is 0 Å². The van der Waals surface area contributed by atoms with Crippen LogP contribution in [-0.2, 0) is 6.61 Å². The SMILES string of the molecule is N#Cc1nc(COc2cccc(Cl)c2)oc1N1CCCCCC1. The van der Waals surface area contributed by atoms with Gasteiger partial charge in [-0.15, -0.1) is 0 Å². The van der Waals surface area contributed by atoms with Crippen molar-refractivity contribution < 1.29 is 9.15 Å². The zero-order valence-electron chi connectivity index (χ0n) is 12.8. The first-order valence-corrected chi connectivity index (χ1v) is 8.17. The molecule has 1 saturated heterocycles. The Kier molecular flexibility index (Phi) is 5.04. The van der Waals surface area contributed by atoms with Crippen molar-refractivity contribution in [2.75, 3.05) is 18.0 Å². The normalized spacial score (nSPS) is 15.0.